The number of aliphatic hydroxyl groups is 2. The smallest absolute Gasteiger partial charge is 0.264 e. The number of amides is 2. The van der Waals surface area contributed by atoms with Crippen molar-refractivity contribution in [2.45, 2.75) is 69.7 Å². The van der Waals surface area contributed by atoms with Gasteiger partial charge in [-0.05, 0) is 44.6 Å². The highest BCUT2D eigenvalue weighted by Gasteiger charge is 2.66. The summed E-state index contributed by atoms with van der Waals surface area (Å²) in [7, 11) is -1.63. The van der Waals surface area contributed by atoms with Crippen LogP contribution in [0.15, 0.2) is 24.4 Å². The second-order valence-corrected chi connectivity index (χ2v) is 14.1. The number of likely N-dealkylation sites (N-methyl/N-ethyl adjacent to an activating group) is 1. The third-order valence-corrected chi connectivity index (χ3v) is 9.79. The monoisotopic (exact) mass is 519 g/mol. The molecule has 5 atom stereocenters. The van der Waals surface area contributed by atoms with Crippen LogP contribution in [-0.4, -0.2) is 71.3 Å². The van der Waals surface area contributed by atoms with Crippen molar-refractivity contribution in [3.63, 3.8) is 0 Å². The van der Waals surface area contributed by atoms with Crippen LogP contribution in [0.1, 0.15) is 31.5 Å². The lowest BCUT2D eigenvalue weighted by Crippen LogP contribution is -2.44. The molecule has 0 aliphatic carbocycles. The molecule has 0 unspecified atom stereocenters. The molecule has 12 heteroatoms. The average Bonchev–Trinajstić information content (AvgIpc) is 3.43. The fourth-order valence-corrected chi connectivity index (χ4v) is 8.23. The molecule has 2 aliphatic rings. The minimum absolute atomic E-state index is 0.0249. The summed E-state index contributed by atoms with van der Waals surface area (Å²) in [5.74, 6) is -1.28. The van der Waals surface area contributed by atoms with Crippen molar-refractivity contribution >= 4 is 31.6 Å². The lowest BCUT2D eigenvalue weighted by Gasteiger charge is -2.31. The van der Waals surface area contributed by atoms with Gasteiger partial charge in [0.15, 0.2) is 5.60 Å². The second kappa shape index (κ2) is 9.65. The summed E-state index contributed by atoms with van der Waals surface area (Å²) in [5.41, 5.74) is 0.476. The first kappa shape index (κ1) is 26.4. The lowest BCUT2D eigenvalue weighted by molar-refractivity contribution is -0.145. The van der Waals surface area contributed by atoms with E-state index in [9.17, 15) is 14.7 Å². The Bertz CT molecular complexity index is 1150. The number of ether oxygens (including phenoxy) is 1. The molecule has 2 aromatic rings. The molecule has 0 bridgehead atoms. The van der Waals surface area contributed by atoms with Crippen molar-refractivity contribution in [2.24, 2.45) is 5.92 Å². The maximum atomic E-state index is 15.8. The van der Waals surface area contributed by atoms with Crippen molar-refractivity contribution in [3.8, 4) is 0 Å². The molecule has 4 rings (SSSR count). The lowest BCUT2D eigenvalue weighted by atomic mass is 9.82. The number of nitrogens with zero attached hydrogens (tertiary/aromatic N) is 4. The number of fused-ring (bicyclic) bond motifs is 2. The molecule has 36 heavy (non-hydrogen) atoms. The Balaban J connectivity index is 1.69. The predicted octanol–water partition coefficient (Wildman–Crippen LogP) is 1.97. The summed E-state index contributed by atoms with van der Waals surface area (Å²) in [6.07, 6.45) is 0.858. The van der Waals surface area contributed by atoms with Crippen molar-refractivity contribution in [1.82, 2.24) is 15.0 Å². The predicted molar refractivity (Wildman–Crippen MR) is 134 cm³/mol. The van der Waals surface area contributed by atoms with Gasteiger partial charge >= 0.3 is 0 Å². The molecule has 2 amide bonds. The van der Waals surface area contributed by atoms with Gasteiger partial charge in [-0.15, -0.1) is 5.10 Å². The van der Waals surface area contributed by atoms with Crippen molar-refractivity contribution < 1.29 is 28.6 Å². The highest BCUT2D eigenvalue weighted by molar-refractivity contribution is 6.72. The van der Waals surface area contributed by atoms with Gasteiger partial charge < -0.3 is 29.3 Å². The molecule has 1 aromatic carbocycles. The molecule has 1 fully saturated rings. The van der Waals surface area contributed by atoms with Crippen LogP contribution >= 0.6 is 0 Å². The number of hydrogen-bond acceptors (Lipinski definition) is 7. The summed E-state index contributed by atoms with van der Waals surface area (Å²) in [6.45, 7) is 6.92. The minimum atomic E-state index is -3.29. The van der Waals surface area contributed by atoms with E-state index < -0.39 is 43.6 Å². The molecular formula is C24H34FN5O5Si. The largest absolute Gasteiger partial charge is 0.396 e. The van der Waals surface area contributed by atoms with E-state index in [1.165, 1.54) is 11.8 Å². The molecule has 2 aliphatic heterocycles. The molecule has 3 N–H and O–H groups in total. The van der Waals surface area contributed by atoms with E-state index in [1.54, 1.807) is 49.2 Å². The summed E-state index contributed by atoms with van der Waals surface area (Å²) in [5, 5.41) is 29.5. The number of nitrogens with one attached hydrogen (secondary N) is 1. The van der Waals surface area contributed by atoms with E-state index in [0.717, 1.165) is 0 Å². The highest BCUT2D eigenvalue weighted by Crippen LogP contribution is 2.60. The number of anilines is 2. The summed E-state index contributed by atoms with van der Waals surface area (Å²) < 4.78 is 24.0. The normalized spacial score (nSPS) is 26.5. The molecular weight excluding hydrogens is 485 g/mol. The van der Waals surface area contributed by atoms with Crippen LogP contribution in [-0.2, 0) is 32.9 Å². The third-order valence-electron chi connectivity index (χ3n) is 7.33. The molecule has 1 saturated heterocycles. The molecule has 3 heterocycles. The van der Waals surface area contributed by atoms with Gasteiger partial charge in [0.25, 0.3) is 11.8 Å². The maximum Gasteiger partial charge on any atom is 0.264 e. The number of aryl methyl sites for hydroxylation is 1. The van der Waals surface area contributed by atoms with Crippen molar-refractivity contribution in [2.75, 3.05) is 23.9 Å². The Morgan fingerprint density at radius 2 is 2.11 bits per heavy atom. The van der Waals surface area contributed by atoms with Gasteiger partial charge in [0.1, 0.15) is 6.10 Å². The van der Waals surface area contributed by atoms with Crippen LogP contribution < -0.4 is 10.2 Å². The summed E-state index contributed by atoms with van der Waals surface area (Å²) >= 11 is 0. The number of rotatable bonds is 8. The Labute approximate surface area is 210 Å². The quantitative estimate of drug-likeness (QED) is 0.359. The topological polar surface area (TPSA) is 130 Å². The second-order valence-electron chi connectivity index (χ2n) is 10.3. The van der Waals surface area contributed by atoms with Crippen molar-refractivity contribution in [3.05, 3.63) is 35.7 Å². The van der Waals surface area contributed by atoms with E-state index in [-0.39, 0.29) is 12.5 Å². The van der Waals surface area contributed by atoms with Gasteiger partial charge in [0, 0.05) is 55.5 Å². The number of aliphatic hydroxyl groups excluding tert-OH is 2. The molecule has 1 aromatic heterocycles. The maximum absolute atomic E-state index is 15.8. The number of carbonyl (C=O) groups is 2. The third kappa shape index (κ3) is 4.47. The number of carbonyl (C=O) groups excluding carboxylic acids is 2. The molecule has 0 radical (unpaired) electrons. The fraction of sp³-hybridized carbons (Fsp3) is 0.583. The first-order chi connectivity index (χ1) is 16.9. The Kier molecular flexibility index (Phi) is 7.08. The minimum Gasteiger partial charge on any atom is -0.396 e. The summed E-state index contributed by atoms with van der Waals surface area (Å²) in [6, 6.07) is 5.09. The number of benzene rings is 1. The van der Waals surface area contributed by atoms with Crippen LogP contribution in [0.4, 0.5) is 15.5 Å². The highest BCUT2D eigenvalue weighted by atomic mass is 28.4. The first-order valence-electron chi connectivity index (χ1n) is 12.2. The first-order valence-corrected chi connectivity index (χ1v) is 15.1. The fourth-order valence-electron chi connectivity index (χ4n) is 5.68. The van der Waals surface area contributed by atoms with Crippen LogP contribution in [0.3, 0.4) is 0 Å². The Hall–Kier alpha value is -2.67. The zero-order chi connectivity index (χ0) is 26.4. The zero-order valence-electron chi connectivity index (χ0n) is 21.2. The van der Waals surface area contributed by atoms with Crippen LogP contribution in [0.2, 0.25) is 18.6 Å². The SMILES string of the molecule is C[C@H](O)C(=O)Nc1ccc2c(c1)[C@]1(O[C@@H](CCn3cc(CCO)nn3)[C@H]([Si](C)(C)F)[C@H]1C)C(=O)N2C. The van der Waals surface area contributed by atoms with E-state index in [4.69, 9.17) is 9.84 Å². The van der Waals surface area contributed by atoms with Crippen LogP contribution in [0, 0.1) is 5.92 Å². The average molecular weight is 520 g/mol. The molecule has 0 saturated carbocycles. The van der Waals surface area contributed by atoms with Gasteiger partial charge in [-0.2, -0.15) is 0 Å². The zero-order valence-corrected chi connectivity index (χ0v) is 22.2. The summed E-state index contributed by atoms with van der Waals surface area (Å²) in [4.78, 5) is 27.3. The number of aromatic nitrogens is 3. The van der Waals surface area contributed by atoms with Gasteiger partial charge in [-0.1, -0.05) is 12.1 Å². The molecule has 1 spiro atoms. The standard InChI is InChI=1S/C24H34FN5O5Si/c1-14-21(36(4,5)25)20(8-10-30-13-17(9-11-31)27-28-30)35-24(14)18-12-16(26-22(33)15(2)32)6-7-19(18)29(3)23(24)34/h6-7,12-15,20-21,31-32H,8-11H2,1-5H3,(H,26,33)/t14-,15+,20+,21-,24+/m1/s1. The van der Waals surface area contributed by atoms with Gasteiger partial charge in [-0.3, -0.25) is 14.3 Å². The van der Waals surface area contributed by atoms with Crippen LogP contribution in [0.25, 0.3) is 0 Å². The van der Waals surface area contributed by atoms with E-state index >= 15 is 4.11 Å². The van der Waals surface area contributed by atoms with E-state index in [1.807, 2.05) is 6.92 Å². The van der Waals surface area contributed by atoms with Crippen molar-refractivity contribution in [1.29, 1.82) is 0 Å². The van der Waals surface area contributed by atoms with E-state index in [2.05, 4.69) is 15.6 Å². The van der Waals surface area contributed by atoms with Gasteiger partial charge in [0.05, 0.1) is 17.5 Å². The number of halogens is 1. The Morgan fingerprint density at radius 1 is 1.39 bits per heavy atom. The Morgan fingerprint density at radius 3 is 2.75 bits per heavy atom. The van der Waals surface area contributed by atoms with Crippen LogP contribution in [0.5, 0.6) is 0 Å². The van der Waals surface area contributed by atoms with Gasteiger partial charge in [-0.25, -0.2) is 0 Å². The molecule has 196 valence electrons. The van der Waals surface area contributed by atoms with E-state index in [0.29, 0.717) is 42.0 Å². The number of hydrogen-bond donors (Lipinski definition) is 3. The molecule has 10 nitrogen and oxygen atoms in total. The van der Waals surface area contributed by atoms with Gasteiger partial charge in [0.2, 0.25) is 8.41 Å².